The molecule has 0 radical (unpaired) electrons. The fourth-order valence-electron chi connectivity index (χ4n) is 3.30. The van der Waals surface area contributed by atoms with Gasteiger partial charge in [-0.1, -0.05) is 35.0 Å². The van der Waals surface area contributed by atoms with E-state index in [4.69, 9.17) is 4.52 Å². The number of carbonyl (C=O) groups is 1. The smallest absolute Gasteiger partial charge is 0.292 e. The van der Waals surface area contributed by atoms with E-state index in [2.05, 4.69) is 10.3 Å². The summed E-state index contributed by atoms with van der Waals surface area (Å²) in [6, 6.07) is 11.8. The molecule has 2 aromatic heterocycles. The van der Waals surface area contributed by atoms with Crippen molar-refractivity contribution in [1.29, 1.82) is 0 Å². The van der Waals surface area contributed by atoms with Crippen molar-refractivity contribution < 1.29 is 9.32 Å². The zero-order chi connectivity index (χ0) is 17.2. The van der Waals surface area contributed by atoms with Crippen LogP contribution in [0.15, 0.2) is 53.3 Å². The highest BCUT2D eigenvalue weighted by molar-refractivity contribution is 5.92. The van der Waals surface area contributed by atoms with Crippen molar-refractivity contribution in [3.05, 3.63) is 60.1 Å². The lowest BCUT2D eigenvalue weighted by atomic mass is 10.1. The Balaban J connectivity index is 1.51. The molecule has 4 rings (SSSR count). The summed E-state index contributed by atoms with van der Waals surface area (Å²) in [5.74, 6) is 0.198. The molecule has 1 saturated heterocycles. The predicted molar refractivity (Wildman–Crippen MR) is 93.0 cm³/mol. The molecule has 1 aromatic carbocycles. The van der Waals surface area contributed by atoms with Crippen molar-refractivity contribution in [2.75, 3.05) is 6.54 Å². The van der Waals surface area contributed by atoms with Gasteiger partial charge in [-0.3, -0.25) is 9.48 Å². The van der Waals surface area contributed by atoms with Gasteiger partial charge in [0.2, 0.25) is 5.76 Å². The summed E-state index contributed by atoms with van der Waals surface area (Å²) in [5, 5.41) is 8.31. The second-order valence-electron chi connectivity index (χ2n) is 6.47. The number of likely N-dealkylation sites (tertiary alicyclic amines) is 1. The molecule has 3 aromatic rings. The molecule has 1 unspecified atom stereocenters. The highest BCUT2D eigenvalue weighted by Crippen LogP contribution is 2.24. The van der Waals surface area contributed by atoms with Crippen molar-refractivity contribution in [2.45, 2.75) is 32.4 Å². The van der Waals surface area contributed by atoms with Crippen LogP contribution >= 0.6 is 0 Å². The van der Waals surface area contributed by atoms with Gasteiger partial charge in [0.05, 0.1) is 12.6 Å². The van der Waals surface area contributed by atoms with Crippen molar-refractivity contribution in [3.63, 3.8) is 0 Å². The molecule has 6 heteroatoms. The molecule has 6 nitrogen and oxygen atoms in total. The Hall–Kier alpha value is -2.89. The summed E-state index contributed by atoms with van der Waals surface area (Å²) in [6.07, 6.45) is 5.65. The minimum atomic E-state index is -0.0967. The average Bonchev–Trinajstić information content (AvgIpc) is 3.37. The number of rotatable bonds is 4. The Bertz CT molecular complexity index is 852. The molecule has 1 amide bonds. The van der Waals surface area contributed by atoms with Crippen molar-refractivity contribution >= 4 is 5.91 Å². The van der Waals surface area contributed by atoms with Gasteiger partial charge in [0, 0.05) is 30.6 Å². The molecular weight excluding hydrogens is 316 g/mol. The zero-order valence-corrected chi connectivity index (χ0v) is 14.1. The molecule has 1 aliphatic rings. The van der Waals surface area contributed by atoms with Gasteiger partial charge < -0.3 is 9.42 Å². The predicted octanol–water partition coefficient (Wildman–Crippen LogP) is 3.15. The van der Waals surface area contributed by atoms with Crippen LogP contribution in [0.25, 0.3) is 11.3 Å². The molecule has 1 atom stereocenters. The number of amides is 1. The maximum atomic E-state index is 12.8. The number of aromatic nitrogens is 3. The third-order valence-electron chi connectivity index (χ3n) is 4.66. The number of nitrogens with zero attached hydrogens (tertiary/aromatic N) is 4. The standard InChI is InChI=1S/C19H20N4O2/c1-14-5-7-15(8-6-14)17-12-18(25-21-17)19(24)23-11-2-4-16(23)13-22-10-3-9-20-22/h3,5-10,12,16H,2,4,11,13H2,1H3. The first-order valence-electron chi connectivity index (χ1n) is 8.53. The Labute approximate surface area is 146 Å². The molecule has 128 valence electrons. The second kappa shape index (κ2) is 6.55. The summed E-state index contributed by atoms with van der Waals surface area (Å²) >= 11 is 0. The van der Waals surface area contributed by atoms with Crippen LogP contribution in [0.5, 0.6) is 0 Å². The monoisotopic (exact) mass is 336 g/mol. The highest BCUT2D eigenvalue weighted by Gasteiger charge is 2.31. The maximum absolute atomic E-state index is 12.8. The zero-order valence-electron chi connectivity index (χ0n) is 14.1. The SMILES string of the molecule is Cc1ccc(-c2cc(C(=O)N3CCCC3Cn3cccn3)on2)cc1. The molecule has 1 aliphatic heterocycles. The van der Waals surface area contributed by atoms with Gasteiger partial charge in [0.1, 0.15) is 5.69 Å². The maximum Gasteiger partial charge on any atom is 0.292 e. The van der Waals surface area contributed by atoms with Crippen LogP contribution < -0.4 is 0 Å². The largest absolute Gasteiger partial charge is 0.350 e. The summed E-state index contributed by atoms with van der Waals surface area (Å²) in [4.78, 5) is 14.7. The van der Waals surface area contributed by atoms with Gasteiger partial charge >= 0.3 is 0 Å². The van der Waals surface area contributed by atoms with E-state index in [1.54, 1.807) is 12.3 Å². The quantitative estimate of drug-likeness (QED) is 0.734. The van der Waals surface area contributed by atoms with Crippen LogP contribution in [-0.2, 0) is 6.54 Å². The van der Waals surface area contributed by atoms with E-state index in [1.807, 2.05) is 53.0 Å². The first-order chi connectivity index (χ1) is 12.2. The lowest BCUT2D eigenvalue weighted by molar-refractivity contribution is 0.0679. The number of benzene rings is 1. The molecular formula is C19H20N4O2. The summed E-state index contributed by atoms with van der Waals surface area (Å²) < 4.78 is 7.21. The number of hydrogen-bond acceptors (Lipinski definition) is 4. The third kappa shape index (κ3) is 3.20. The molecule has 25 heavy (non-hydrogen) atoms. The van der Waals surface area contributed by atoms with Crippen molar-refractivity contribution in [3.8, 4) is 11.3 Å². The van der Waals surface area contributed by atoms with E-state index in [1.165, 1.54) is 5.56 Å². The Kier molecular flexibility index (Phi) is 4.09. The van der Waals surface area contributed by atoms with Crippen molar-refractivity contribution in [1.82, 2.24) is 19.8 Å². The van der Waals surface area contributed by atoms with Gasteiger partial charge in [-0.05, 0) is 25.8 Å². The molecule has 1 fully saturated rings. The average molecular weight is 336 g/mol. The van der Waals surface area contributed by atoms with Crippen LogP contribution in [0, 0.1) is 6.92 Å². The molecule has 0 bridgehead atoms. The van der Waals surface area contributed by atoms with Gasteiger partial charge in [-0.25, -0.2) is 0 Å². The Morgan fingerprint density at radius 1 is 1.32 bits per heavy atom. The van der Waals surface area contributed by atoms with Gasteiger partial charge in [-0.15, -0.1) is 0 Å². The van der Waals surface area contributed by atoms with E-state index in [-0.39, 0.29) is 11.9 Å². The van der Waals surface area contributed by atoms with Crippen LogP contribution in [0.2, 0.25) is 0 Å². The Morgan fingerprint density at radius 3 is 2.92 bits per heavy atom. The molecule has 3 heterocycles. The van der Waals surface area contributed by atoms with E-state index in [9.17, 15) is 4.79 Å². The fourth-order valence-corrected chi connectivity index (χ4v) is 3.30. The second-order valence-corrected chi connectivity index (χ2v) is 6.47. The lowest BCUT2D eigenvalue weighted by Crippen LogP contribution is -2.38. The normalized spacial score (nSPS) is 17.2. The van der Waals surface area contributed by atoms with Crippen LogP contribution in [-0.4, -0.2) is 38.3 Å². The first-order valence-corrected chi connectivity index (χ1v) is 8.53. The minimum absolute atomic E-state index is 0.0967. The lowest BCUT2D eigenvalue weighted by Gasteiger charge is -2.23. The van der Waals surface area contributed by atoms with Gasteiger partial charge in [-0.2, -0.15) is 5.10 Å². The molecule has 0 N–H and O–H groups in total. The van der Waals surface area contributed by atoms with Crippen molar-refractivity contribution in [2.24, 2.45) is 0 Å². The number of hydrogen-bond donors (Lipinski definition) is 0. The van der Waals surface area contributed by atoms with Gasteiger partial charge in [0.25, 0.3) is 5.91 Å². The van der Waals surface area contributed by atoms with E-state index >= 15 is 0 Å². The summed E-state index contributed by atoms with van der Waals surface area (Å²) in [6.45, 7) is 3.48. The number of aryl methyl sites for hydroxylation is 1. The molecule has 0 spiro atoms. The Morgan fingerprint density at radius 2 is 2.16 bits per heavy atom. The van der Waals surface area contributed by atoms with Crippen LogP contribution in [0.1, 0.15) is 29.0 Å². The summed E-state index contributed by atoms with van der Waals surface area (Å²) in [7, 11) is 0. The van der Waals surface area contributed by atoms with Crippen LogP contribution in [0.4, 0.5) is 0 Å². The van der Waals surface area contributed by atoms with Gasteiger partial charge in [0.15, 0.2) is 0 Å². The highest BCUT2D eigenvalue weighted by atomic mass is 16.5. The molecule has 0 aliphatic carbocycles. The number of carbonyl (C=O) groups excluding carboxylic acids is 1. The summed E-state index contributed by atoms with van der Waals surface area (Å²) in [5.41, 5.74) is 2.82. The minimum Gasteiger partial charge on any atom is -0.350 e. The third-order valence-corrected chi connectivity index (χ3v) is 4.66. The van der Waals surface area contributed by atoms with E-state index < -0.39 is 0 Å². The first kappa shape index (κ1) is 15.6. The fraction of sp³-hybridized carbons (Fsp3) is 0.316. The topological polar surface area (TPSA) is 64.2 Å². The van der Waals surface area contributed by atoms with Crippen LogP contribution in [0.3, 0.4) is 0 Å². The van der Waals surface area contributed by atoms with E-state index in [0.29, 0.717) is 18.0 Å². The molecule has 0 saturated carbocycles. The van der Waals surface area contributed by atoms with E-state index in [0.717, 1.165) is 24.9 Å².